The van der Waals surface area contributed by atoms with Gasteiger partial charge in [-0.2, -0.15) is 4.59 Å². The van der Waals surface area contributed by atoms with Crippen molar-refractivity contribution >= 4 is 51.9 Å². The largest absolute Gasteiger partial charge is 0.488 e. The fourth-order valence-electron chi connectivity index (χ4n) is 4.20. The molecule has 0 unspecified atom stereocenters. The molecule has 0 N–H and O–H groups in total. The molecular weight excluding hydrogens is 445 g/mol. The maximum atomic E-state index is 14.0. The van der Waals surface area contributed by atoms with Crippen LogP contribution in [0.3, 0.4) is 0 Å². The van der Waals surface area contributed by atoms with Gasteiger partial charge in [-0.15, -0.1) is 0 Å². The lowest BCUT2D eigenvalue weighted by atomic mass is 9.99. The van der Waals surface area contributed by atoms with Gasteiger partial charge in [0.05, 0.1) is 35.9 Å². The highest BCUT2D eigenvalue weighted by Gasteiger charge is 2.45. The van der Waals surface area contributed by atoms with E-state index in [1.165, 1.54) is 0 Å². The number of rotatable bonds is 3. The summed E-state index contributed by atoms with van der Waals surface area (Å²) in [5.41, 5.74) is 4.26. The summed E-state index contributed by atoms with van der Waals surface area (Å²) in [6, 6.07) is 22.1. The van der Waals surface area contributed by atoms with Gasteiger partial charge in [-0.1, -0.05) is 52.6 Å². The molecular formula is C25H20Cl2N3O2+. The molecule has 2 aliphatic heterocycles. The molecule has 7 heteroatoms. The van der Waals surface area contributed by atoms with Gasteiger partial charge in [0, 0.05) is 10.7 Å². The predicted octanol–water partition coefficient (Wildman–Crippen LogP) is 5.91. The number of benzene rings is 3. The molecule has 3 aromatic rings. The first kappa shape index (κ1) is 20.8. The third kappa shape index (κ3) is 3.39. The van der Waals surface area contributed by atoms with Gasteiger partial charge in [-0.3, -0.25) is 9.69 Å². The molecule has 0 spiro atoms. The third-order valence-corrected chi connectivity index (χ3v) is 6.14. The number of hydrogen-bond acceptors (Lipinski definition) is 3. The van der Waals surface area contributed by atoms with Crippen molar-refractivity contribution in [3.05, 3.63) is 94.0 Å². The van der Waals surface area contributed by atoms with Crippen LogP contribution in [0.5, 0.6) is 5.75 Å². The fraction of sp³-hybridized carbons (Fsp3) is 0.120. The van der Waals surface area contributed by atoms with Gasteiger partial charge in [0.25, 0.3) is 5.91 Å². The monoisotopic (exact) mass is 464 g/mol. The summed E-state index contributed by atoms with van der Waals surface area (Å²) in [5.74, 6) is 0.515. The van der Waals surface area contributed by atoms with Crippen LogP contribution in [0.1, 0.15) is 5.56 Å². The second-order valence-electron chi connectivity index (χ2n) is 8.02. The maximum Gasteiger partial charge on any atom is 0.287 e. The first-order valence-corrected chi connectivity index (χ1v) is 10.9. The second-order valence-corrected chi connectivity index (χ2v) is 8.87. The molecule has 0 saturated heterocycles. The zero-order chi connectivity index (χ0) is 22.5. The first-order chi connectivity index (χ1) is 15.4. The van der Waals surface area contributed by atoms with E-state index in [-0.39, 0.29) is 17.1 Å². The Bertz CT molecular complexity index is 1300. The highest BCUT2D eigenvalue weighted by atomic mass is 35.5. The average Bonchev–Trinajstić information content (AvgIpc) is 3.07. The number of para-hydroxylation sites is 2. The van der Waals surface area contributed by atoms with Crippen LogP contribution < -0.4 is 9.64 Å². The lowest BCUT2D eigenvalue weighted by Crippen LogP contribution is -2.35. The molecule has 32 heavy (non-hydrogen) atoms. The molecule has 0 radical (unpaired) electrons. The molecule has 1 amide bonds. The van der Waals surface area contributed by atoms with Crippen LogP contribution in [-0.2, 0) is 4.79 Å². The van der Waals surface area contributed by atoms with Gasteiger partial charge in [-0.05, 0) is 48.5 Å². The summed E-state index contributed by atoms with van der Waals surface area (Å²) < 4.78 is 6.18. The van der Waals surface area contributed by atoms with E-state index in [1.54, 1.807) is 35.2 Å². The maximum absolute atomic E-state index is 14.0. The quantitative estimate of drug-likeness (QED) is 0.452. The number of anilines is 2. The van der Waals surface area contributed by atoms with Crippen molar-refractivity contribution in [1.29, 1.82) is 0 Å². The van der Waals surface area contributed by atoms with Crippen molar-refractivity contribution in [2.75, 3.05) is 25.6 Å². The Morgan fingerprint density at radius 2 is 1.66 bits per heavy atom. The fourth-order valence-corrected chi connectivity index (χ4v) is 4.55. The normalized spacial score (nSPS) is 16.1. The van der Waals surface area contributed by atoms with Crippen molar-refractivity contribution < 1.29 is 14.1 Å². The molecule has 0 aromatic heterocycles. The molecule has 160 valence electrons. The lowest BCUT2D eigenvalue weighted by molar-refractivity contribution is -0.822. The van der Waals surface area contributed by atoms with E-state index in [0.29, 0.717) is 27.1 Å². The second kappa shape index (κ2) is 7.78. The Morgan fingerprint density at radius 3 is 2.41 bits per heavy atom. The number of amides is 1. The highest BCUT2D eigenvalue weighted by molar-refractivity contribution is 6.52. The lowest BCUT2D eigenvalue weighted by Gasteiger charge is -2.26. The molecule has 0 atom stereocenters. The van der Waals surface area contributed by atoms with Crippen LogP contribution in [0.15, 0.2) is 83.5 Å². The minimum absolute atomic E-state index is 0.202. The summed E-state index contributed by atoms with van der Waals surface area (Å²) in [6.07, 6.45) is 0. The van der Waals surface area contributed by atoms with Crippen LogP contribution in [0.4, 0.5) is 11.4 Å². The molecule has 2 aliphatic rings. The Balaban J connectivity index is 1.66. The van der Waals surface area contributed by atoms with E-state index in [1.807, 2.05) is 56.6 Å². The zero-order valence-corrected chi connectivity index (χ0v) is 19.1. The van der Waals surface area contributed by atoms with Crippen molar-refractivity contribution in [3.63, 3.8) is 0 Å². The number of fused-ring (bicyclic) bond motifs is 2. The van der Waals surface area contributed by atoms with Gasteiger partial charge in [0.2, 0.25) is 0 Å². The number of ether oxygens (including phenoxy) is 1. The van der Waals surface area contributed by atoms with E-state index in [4.69, 9.17) is 33.0 Å². The summed E-state index contributed by atoms with van der Waals surface area (Å²) in [5, 5.41) is 5.87. The van der Waals surface area contributed by atoms with Crippen molar-refractivity contribution in [2.45, 2.75) is 0 Å². The van der Waals surface area contributed by atoms with E-state index < -0.39 is 0 Å². The van der Waals surface area contributed by atoms with E-state index in [0.717, 1.165) is 22.6 Å². The molecule has 0 fully saturated rings. The van der Waals surface area contributed by atoms with Crippen molar-refractivity contribution in [3.8, 4) is 5.75 Å². The first-order valence-electron chi connectivity index (χ1n) is 10.1. The number of carbonyl (C=O) groups excluding carboxylic acids is 1. The topological polar surface area (TPSA) is 41.9 Å². The molecule has 5 rings (SSSR count). The molecule has 3 aromatic carbocycles. The summed E-state index contributed by atoms with van der Waals surface area (Å²) in [4.78, 5) is 15.6. The summed E-state index contributed by atoms with van der Waals surface area (Å²) in [7, 11) is 3.92. The zero-order valence-electron chi connectivity index (χ0n) is 17.5. The summed E-state index contributed by atoms with van der Waals surface area (Å²) >= 11 is 12.6. The Hall–Kier alpha value is -3.12. The molecule has 2 heterocycles. The van der Waals surface area contributed by atoms with E-state index >= 15 is 0 Å². The molecule has 0 saturated carbocycles. The number of nitrogens with zero attached hydrogens (tertiary/aromatic N) is 3. The van der Waals surface area contributed by atoms with Crippen LogP contribution in [0, 0.1) is 0 Å². The SMILES string of the molecule is C[N+]1(C)N=C(C(=O)N(c2ccc(Cl)cc2)c2ccccc2Cl)C2=C1c1ccccc1OC2. The van der Waals surface area contributed by atoms with Gasteiger partial charge in [0.1, 0.15) is 12.4 Å². The Labute approximate surface area is 196 Å². The predicted molar refractivity (Wildman–Crippen MR) is 128 cm³/mol. The van der Waals surface area contributed by atoms with Gasteiger partial charge in [0.15, 0.2) is 11.4 Å². The molecule has 0 aliphatic carbocycles. The highest BCUT2D eigenvalue weighted by Crippen LogP contribution is 2.43. The van der Waals surface area contributed by atoms with E-state index in [2.05, 4.69) is 0 Å². The summed E-state index contributed by atoms with van der Waals surface area (Å²) in [6.45, 7) is 0.273. The average molecular weight is 465 g/mol. The molecule has 0 bridgehead atoms. The number of carbonyl (C=O) groups is 1. The number of quaternary nitrogens is 1. The van der Waals surface area contributed by atoms with Crippen molar-refractivity contribution in [2.24, 2.45) is 5.10 Å². The Kier molecular flexibility index (Phi) is 5.05. The number of hydrogen-bond donors (Lipinski definition) is 0. The van der Waals surface area contributed by atoms with Crippen LogP contribution in [0.2, 0.25) is 10.0 Å². The number of halogens is 2. The van der Waals surface area contributed by atoms with Crippen LogP contribution in [-0.4, -0.2) is 36.9 Å². The van der Waals surface area contributed by atoms with Gasteiger partial charge >= 0.3 is 0 Å². The van der Waals surface area contributed by atoms with Crippen LogP contribution >= 0.6 is 23.2 Å². The van der Waals surface area contributed by atoms with E-state index in [9.17, 15) is 4.79 Å². The minimum Gasteiger partial charge on any atom is -0.488 e. The standard InChI is InChI=1S/C25H20Cl2N3O2/c1-30(2)24-18-7-3-6-10-22(18)32-15-19(24)23(28-30)25(31)29(17-13-11-16(26)12-14-17)21-9-5-4-8-20(21)27/h3-14H,15H2,1-2H3/q+1. The molecule has 5 nitrogen and oxygen atoms in total. The minimum atomic E-state index is -0.278. The van der Waals surface area contributed by atoms with Gasteiger partial charge < -0.3 is 4.74 Å². The van der Waals surface area contributed by atoms with Crippen molar-refractivity contribution in [1.82, 2.24) is 0 Å². The third-order valence-electron chi connectivity index (χ3n) is 5.57. The smallest absolute Gasteiger partial charge is 0.287 e. The van der Waals surface area contributed by atoms with Crippen LogP contribution in [0.25, 0.3) is 5.70 Å². The Morgan fingerprint density at radius 1 is 0.969 bits per heavy atom. The van der Waals surface area contributed by atoms with Gasteiger partial charge in [-0.25, -0.2) is 0 Å².